The topological polar surface area (TPSA) is 84.7 Å². The lowest BCUT2D eigenvalue weighted by molar-refractivity contribution is 0.262. The molecule has 0 radical (unpaired) electrons. The predicted octanol–water partition coefficient (Wildman–Crippen LogP) is 12.8. The summed E-state index contributed by atoms with van der Waals surface area (Å²) in [6.45, 7) is 13.8. The first-order valence-corrected chi connectivity index (χ1v) is 20.0. The van der Waals surface area contributed by atoms with E-state index in [1.165, 1.54) is 127 Å². The lowest BCUT2D eigenvalue weighted by Crippen LogP contribution is -2.22. The molecule has 1 aromatic carbocycles. The molecule has 0 atom stereocenters. The van der Waals surface area contributed by atoms with E-state index in [0.717, 1.165) is 29.8 Å². The minimum absolute atomic E-state index is 0.229. The Hall–Kier alpha value is -1.96. The number of tetrazole rings is 1. The summed E-state index contributed by atoms with van der Waals surface area (Å²) in [5.74, 6) is 0.839. The number of hydrogen-bond acceptors (Lipinski definition) is 4. The van der Waals surface area contributed by atoms with Gasteiger partial charge in [-0.05, 0) is 41.0 Å². The number of rotatable bonds is 25. The van der Waals surface area contributed by atoms with Crippen LogP contribution in [0.2, 0.25) is 0 Å². The summed E-state index contributed by atoms with van der Waals surface area (Å²) >= 11 is 3.46. The zero-order valence-corrected chi connectivity index (χ0v) is 32.1. The molecule has 46 heavy (non-hydrogen) atoms. The van der Waals surface area contributed by atoms with Crippen molar-refractivity contribution < 1.29 is 4.79 Å². The number of nitrogens with zero attached hydrogens (tertiary/aromatic N) is 4. The van der Waals surface area contributed by atoms with E-state index in [1.54, 1.807) is 4.80 Å². The van der Waals surface area contributed by atoms with Crippen molar-refractivity contribution in [2.45, 2.75) is 188 Å². The number of anilines is 2. The van der Waals surface area contributed by atoms with Crippen LogP contribution in [0.1, 0.15) is 193 Å². The van der Waals surface area contributed by atoms with Crippen molar-refractivity contribution in [3.05, 3.63) is 29.3 Å². The van der Waals surface area contributed by atoms with E-state index in [2.05, 4.69) is 102 Å². The molecule has 0 fully saturated rings. The number of benzene rings is 1. The average Bonchev–Trinajstić information content (AvgIpc) is 3.48. The number of hydrogen-bond donors (Lipinski definition) is 2. The van der Waals surface area contributed by atoms with Gasteiger partial charge in [0.1, 0.15) is 0 Å². The van der Waals surface area contributed by atoms with Gasteiger partial charge in [0.2, 0.25) is 0 Å². The van der Waals surface area contributed by atoms with E-state index in [4.69, 9.17) is 0 Å². The molecule has 0 aliphatic heterocycles. The van der Waals surface area contributed by atoms with Crippen molar-refractivity contribution in [1.82, 2.24) is 20.2 Å². The molecule has 2 aromatic rings. The monoisotopic (exact) mass is 704 g/mol. The Morgan fingerprint density at radius 2 is 1.11 bits per heavy atom. The third kappa shape index (κ3) is 20.3. The maximum atomic E-state index is 12.6. The Kier molecular flexibility index (Phi) is 25.7. The van der Waals surface area contributed by atoms with Crippen molar-refractivity contribution >= 4 is 33.6 Å². The van der Waals surface area contributed by atoms with E-state index in [0.29, 0.717) is 11.8 Å². The van der Waals surface area contributed by atoms with Crippen LogP contribution in [0, 0.1) is 0 Å². The molecule has 264 valence electrons. The van der Waals surface area contributed by atoms with Crippen LogP contribution in [0.4, 0.5) is 16.4 Å². The maximum Gasteiger partial charge on any atom is 0.326 e. The fourth-order valence-electron chi connectivity index (χ4n) is 5.65. The summed E-state index contributed by atoms with van der Waals surface area (Å²) in [5, 5.41) is 19.3. The Balaban J connectivity index is 0.000000685. The molecular weight excluding hydrogens is 636 g/mol. The summed E-state index contributed by atoms with van der Waals surface area (Å²) in [6, 6.07) is 5.83. The van der Waals surface area contributed by atoms with Gasteiger partial charge in [-0.15, -0.1) is 5.10 Å². The van der Waals surface area contributed by atoms with Crippen LogP contribution in [0.3, 0.4) is 0 Å². The van der Waals surface area contributed by atoms with Crippen LogP contribution in [0.15, 0.2) is 18.2 Å². The molecule has 0 spiro atoms. The van der Waals surface area contributed by atoms with Gasteiger partial charge in [0.15, 0.2) is 0 Å². The number of urea groups is 1. The average molecular weight is 706 g/mol. The third-order valence-electron chi connectivity index (χ3n) is 8.49. The first kappa shape index (κ1) is 42.1. The molecule has 0 bridgehead atoms. The van der Waals surface area contributed by atoms with Crippen LogP contribution in [0.25, 0.3) is 0 Å². The quantitative estimate of drug-likeness (QED) is 0.0795. The summed E-state index contributed by atoms with van der Waals surface area (Å²) in [4.78, 5) is 14.2. The number of amides is 2. The molecule has 0 saturated heterocycles. The van der Waals surface area contributed by atoms with E-state index in [-0.39, 0.29) is 12.0 Å². The molecule has 1 aromatic heterocycles. The predicted molar refractivity (Wildman–Crippen MR) is 203 cm³/mol. The van der Waals surface area contributed by atoms with E-state index >= 15 is 0 Å². The Morgan fingerprint density at radius 1 is 0.674 bits per heavy atom. The van der Waals surface area contributed by atoms with Gasteiger partial charge >= 0.3 is 6.03 Å². The van der Waals surface area contributed by atoms with Crippen molar-refractivity contribution in [2.75, 3.05) is 16.0 Å². The molecule has 7 nitrogen and oxygen atoms in total. The second-order valence-corrected chi connectivity index (χ2v) is 14.3. The summed E-state index contributed by atoms with van der Waals surface area (Å²) in [6.07, 6.45) is 27.2. The third-order valence-corrected chi connectivity index (χ3v) is 9.05. The smallest absolute Gasteiger partial charge is 0.307 e. The first-order chi connectivity index (χ1) is 22.3. The highest BCUT2D eigenvalue weighted by molar-refractivity contribution is 9.09. The SMILES string of the molecule is CCCCCCCCCCCCBr.CCCCCCCCCCCCn1nnc(NC(=O)Nc2c(C(C)C)cccc2C(C)C)n1. The van der Waals surface area contributed by atoms with Crippen molar-refractivity contribution in [3.8, 4) is 0 Å². The van der Waals surface area contributed by atoms with Crippen molar-refractivity contribution in [3.63, 3.8) is 0 Å². The number of carbonyl (C=O) groups excluding carboxylic acids is 1. The van der Waals surface area contributed by atoms with Gasteiger partial charge in [-0.2, -0.15) is 4.80 Å². The molecule has 0 aliphatic rings. The molecule has 0 aliphatic carbocycles. The highest BCUT2D eigenvalue weighted by Gasteiger charge is 2.17. The van der Waals surface area contributed by atoms with Crippen molar-refractivity contribution in [2.24, 2.45) is 0 Å². The number of unbranched alkanes of at least 4 members (excludes halogenated alkanes) is 18. The number of alkyl halides is 1. The molecule has 1 heterocycles. The van der Waals surface area contributed by atoms with Crippen LogP contribution in [-0.4, -0.2) is 31.6 Å². The van der Waals surface area contributed by atoms with Gasteiger partial charge in [0.25, 0.3) is 5.95 Å². The summed E-state index contributed by atoms with van der Waals surface area (Å²) in [7, 11) is 0. The highest BCUT2D eigenvalue weighted by atomic mass is 79.9. The molecular formula is C38H69BrN6O. The lowest BCUT2D eigenvalue weighted by atomic mass is 9.93. The normalized spacial score (nSPS) is 11.2. The number of aromatic nitrogens is 4. The molecule has 2 N–H and O–H groups in total. The Bertz CT molecular complexity index is 973. The molecule has 2 amide bonds. The lowest BCUT2D eigenvalue weighted by Gasteiger charge is -2.20. The van der Waals surface area contributed by atoms with Crippen LogP contribution in [-0.2, 0) is 6.54 Å². The fourth-order valence-corrected chi connectivity index (χ4v) is 6.05. The van der Waals surface area contributed by atoms with E-state index < -0.39 is 0 Å². The van der Waals surface area contributed by atoms with Gasteiger partial charge in [-0.25, -0.2) is 4.79 Å². The number of para-hydroxylation sites is 1. The second kappa shape index (κ2) is 28.1. The zero-order chi connectivity index (χ0) is 33.8. The summed E-state index contributed by atoms with van der Waals surface area (Å²) < 4.78 is 0. The summed E-state index contributed by atoms with van der Waals surface area (Å²) in [5.41, 5.74) is 3.11. The van der Waals surface area contributed by atoms with Gasteiger partial charge in [0.05, 0.1) is 6.54 Å². The highest BCUT2D eigenvalue weighted by Crippen LogP contribution is 2.32. The number of halogens is 1. The first-order valence-electron chi connectivity index (χ1n) is 18.9. The molecule has 2 rings (SSSR count). The molecule has 0 unspecified atom stereocenters. The van der Waals surface area contributed by atoms with Crippen molar-refractivity contribution in [1.29, 1.82) is 0 Å². The standard InChI is InChI=1S/C26H44N6O.C12H25Br/c1-6-7-8-9-10-11-12-13-14-15-19-32-30-25(29-31-32)28-26(33)27-24-22(20(2)3)17-16-18-23(24)21(4)5;1-2-3-4-5-6-7-8-9-10-11-12-13/h16-18,20-21H,6-15,19H2,1-5H3,(H2,27,28,30,33);2-12H2,1H3. The van der Waals surface area contributed by atoms with Gasteiger partial charge in [-0.3, -0.25) is 5.32 Å². The molecule has 8 heteroatoms. The van der Waals surface area contributed by atoms with Crippen LogP contribution < -0.4 is 10.6 Å². The number of carbonyl (C=O) groups is 1. The Labute approximate surface area is 291 Å². The van der Waals surface area contributed by atoms with E-state index in [1.807, 2.05) is 0 Å². The van der Waals surface area contributed by atoms with Gasteiger partial charge in [0, 0.05) is 11.0 Å². The van der Waals surface area contributed by atoms with Crippen LogP contribution in [0.5, 0.6) is 0 Å². The fraction of sp³-hybridized carbons (Fsp3) is 0.789. The largest absolute Gasteiger partial charge is 0.326 e. The Morgan fingerprint density at radius 3 is 1.54 bits per heavy atom. The minimum atomic E-state index is -0.344. The number of aryl methyl sites for hydroxylation is 1. The zero-order valence-electron chi connectivity index (χ0n) is 30.5. The minimum Gasteiger partial charge on any atom is -0.307 e. The van der Waals surface area contributed by atoms with Crippen LogP contribution >= 0.6 is 15.9 Å². The van der Waals surface area contributed by atoms with E-state index in [9.17, 15) is 4.79 Å². The molecule has 0 saturated carbocycles. The van der Waals surface area contributed by atoms with Gasteiger partial charge < -0.3 is 5.32 Å². The maximum absolute atomic E-state index is 12.6. The van der Waals surface area contributed by atoms with Gasteiger partial charge in [-0.1, -0.05) is 196 Å². The second-order valence-electron chi connectivity index (χ2n) is 13.5. The number of nitrogens with one attached hydrogen (secondary N) is 2.